The highest BCUT2D eigenvalue weighted by Gasteiger charge is 2.67. The Morgan fingerprint density at radius 2 is 1.73 bits per heavy atom. The van der Waals surface area contributed by atoms with Crippen molar-refractivity contribution in [2.24, 2.45) is 0 Å². The van der Waals surface area contributed by atoms with Crippen LogP contribution in [0.4, 0.5) is 4.79 Å². The fourth-order valence-corrected chi connectivity index (χ4v) is 7.50. The topological polar surface area (TPSA) is 183 Å². The van der Waals surface area contributed by atoms with Gasteiger partial charge in [-0.3, -0.25) is 28.6 Å². The van der Waals surface area contributed by atoms with E-state index in [1.807, 2.05) is 0 Å². The third-order valence-corrected chi connectivity index (χ3v) is 9.35. The lowest BCUT2D eigenvalue weighted by Crippen LogP contribution is -2.81. The average Bonchev–Trinajstić information content (AvgIpc) is 2.94. The highest BCUT2D eigenvalue weighted by Crippen LogP contribution is 2.40. The van der Waals surface area contributed by atoms with Gasteiger partial charge in [0.1, 0.15) is 6.04 Å². The SMILES string of the molecule is CO[C@@]1(NC(=O)C(NC(=O)N2CCN(C3CCCCC3)C(=O)C2=O)c2ccccc2)C(=O)N(S(=O)(=O)O)[C@@H]1SC. The van der Waals surface area contributed by atoms with Crippen LogP contribution in [0.25, 0.3) is 0 Å². The Morgan fingerprint density at radius 1 is 1.07 bits per heavy atom. The highest BCUT2D eigenvalue weighted by molar-refractivity contribution is 8.00. The molecule has 3 atom stereocenters. The molecule has 40 heavy (non-hydrogen) atoms. The first-order valence-corrected chi connectivity index (χ1v) is 15.3. The van der Waals surface area contributed by atoms with Crippen molar-refractivity contribution < 1.29 is 41.7 Å². The standard InChI is InChI=1S/C24H31N5O9S2/c1-38-24(21(33)29(22(24)39-2)40(35,36)37)26-18(30)17(15-9-5-3-6-10-15)25-23(34)28-14-13-27(19(31)20(28)32)16-11-7-4-8-12-16/h3,5-6,9-10,16-17,22H,4,7-8,11-14H2,1-2H3,(H,25,34)(H,26,30)(H,35,36,37)/t17?,22-,24+/m1/s1. The normalized spacial score (nSPS) is 24.9. The van der Waals surface area contributed by atoms with Gasteiger partial charge in [0.05, 0.1) is 0 Å². The number of thioether (sulfide) groups is 1. The van der Waals surface area contributed by atoms with Crippen LogP contribution in [0.2, 0.25) is 0 Å². The molecule has 16 heteroatoms. The molecule has 2 saturated heterocycles. The summed E-state index contributed by atoms with van der Waals surface area (Å²) in [4.78, 5) is 67.6. The Balaban J connectivity index is 1.53. The van der Waals surface area contributed by atoms with Gasteiger partial charge in [0.2, 0.25) is 5.91 Å². The molecule has 2 heterocycles. The van der Waals surface area contributed by atoms with E-state index in [-0.39, 0.29) is 29.0 Å². The molecule has 6 amide bonds. The third kappa shape index (κ3) is 5.40. The second-order valence-electron chi connectivity index (χ2n) is 9.64. The molecule has 1 saturated carbocycles. The maximum Gasteiger partial charge on any atom is 0.363 e. The van der Waals surface area contributed by atoms with Crippen LogP contribution >= 0.6 is 11.8 Å². The van der Waals surface area contributed by atoms with Crippen LogP contribution in [-0.2, 0) is 34.2 Å². The lowest BCUT2D eigenvalue weighted by molar-refractivity contribution is -0.184. The summed E-state index contributed by atoms with van der Waals surface area (Å²) >= 11 is 0.824. The van der Waals surface area contributed by atoms with Crippen LogP contribution in [0.5, 0.6) is 0 Å². The van der Waals surface area contributed by atoms with Gasteiger partial charge >= 0.3 is 28.1 Å². The van der Waals surface area contributed by atoms with Crippen LogP contribution in [0.1, 0.15) is 43.7 Å². The Labute approximate surface area is 235 Å². The number of carbonyl (C=O) groups excluding carboxylic acids is 5. The number of hydrogen-bond acceptors (Lipinski definition) is 9. The molecule has 1 aromatic rings. The number of piperazine rings is 1. The predicted molar refractivity (Wildman–Crippen MR) is 142 cm³/mol. The summed E-state index contributed by atoms with van der Waals surface area (Å²) in [5.41, 5.74) is -1.89. The van der Waals surface area contributed by atoms with Crippen LogP contribution in [0, 0.1) is 0 Å². The summed E-state index contributed by atoms with van der Waals surface area (Å²) in [5, 5.41) is 3.48. The van der Waals surface area contributed by atoms with Crippen molar-refractivity contribution in [2.45, 2.75) is 55.3 Å². The Hall–Kier alpha value is -3.21. The monoisotopic (exact) mass is 597 g/mol. The number of nitrogens with zero attached hydrogens (tertiary/aromatic N) is 3. The molecule has 3 aliphatic rings. The zero-order valence-electron chi connectivity index (χ0n) is 21.9. The molecule has 0 spiro atoms. The molecule has 0 aromatic heterocycles. The number of β-lactam (4-membered cyclic amide) rings is 1. The summed E-state index contributed by atoms with van der Waals surface area (Å²) in [6, 6.07) is 5.43. The number of imide groups is 1. The van der Waals surface area contributed by atoms with E-state index >= 15 is 0 Å². The van der Waals surface area contributed by atoms with E-state index in [0.717, 1.165) is 55.9 Å². The van der Waals surface area contributed by atoms with Gasteiger partial charge in [-0.25, -0.2) is 4.79 Å². The average molecular weight is 598 g/mol. The number of amides is 6. The van der Waals surface area contributed by atoms with Gasteiger partial charge in [0.25, 0.3) is 11.6 Å². The number of ether oxygens (including phenoxy) is 1. The minimum absolute atomic E-state index is 0.0461. The van der Waals surface area contributed by atoms with Gasteiger partial charge in [-0.1, -0.05) is 49.6 Å². The Bertz CT molecular complexity index is 1290. The molecule has 0 radical (unpaired) electrons. The minimum atomic E-state index is -4.94. The van der Waals surface area contributed by atoms with Crippen LogP contribution in [-0.4, -0.2) is 100 Å². The zero-order valence-corrected chi connectivity index (χ0v) is 23.6. The molecular formula is C24H31N5O9S2. The van der Waals surface area contributed by atoms with E-state index in [1.54, 1.807) is 18.2 Å². The maximum atomic E-state index is 13.5. The van der Waals surface area contributed by atoms with Crippen molar-refractivity contribution in [1.29, 1.82) is 0 Å². The lowest BCUT2D eigenvalue weighted by Gasteiger charge is -2.51. The molecule has 2 aliphatic heterocycles. The van der Waals surface area contributed by atoms with Crippen molar-refractivity contribution in [3.8, 4) is 0 Å². The molecule has 0 bridgehead atoms. The van der Waals surface area contributed by atoms with E-state index in [4.69, 9.17) is 4.74 Å². The lowest BCUT2D eigenvalue weighted by atomic mass is 9.93. The molecule has 3 fully saturated rings. The molecular weight excluding hydrogens is 566 g/mol. The van der Waals surface area contributed by atoms with Gasteiger partial charge in [-0.2, -0.15) is 12.7 Å². The van der Waals surface area contributed by atoms with E-state index in [9.17, 15) is 36.9 Å². The molecule has 1 unspecified atom stereocenters. The fraction of sp³-hybridized carbons (Fsp3) is 0.542. The Morgan fingerprint density at radius 3 is 2.30 bits per heavy atom. The summed E-state index contributed by atoms with van der Waals surface area (Å²) in [6.45, 7) is 0.113. The molecule has 218 valence electrons. The van der Waals surface area contributed by atoms with Crippen LogP contribution in [0.3, 0.4) is 0 Å². The van der Waals surface area contributed by atoms with Gasteiger partial charge < -0.3 is 20.3 Å². The first kappa shape index (κ1) is 29.8. The first-order chi connectivity index (χ1) is 19.0. The quantitative estimate of drug-likeness (QED) is 0.162. The smallest absolute Gasteiger partial charge is 0.348 e. The van der Waals surface area contributed by atoms with E-state index in [0.29, 0.717) is 0 Å². The molecule has 3 N–H and O–H groups in total. The Kier molecular flexibility index (Phi) is 8.72. The number of methoxy groups -OCH3 is 1. The third-order valence-electron chi connectivity index (χ3n) is 7.36. The van der Waals surface area contributed by atoms with E-state index < -0.39 is 57.1 Å². The summed E-state index contributed by atoms with van der Waals surface area (Å²) in [7, 11) is -3.86. The maximum absolute atomic E-state index is 13.5. The largest absolute Gasteiger partial charge is 0.363 e. The molecule has 1 aliphatic carbocycles. The summed E-state index contributed by atoms with van der Waals surface area (Å²) in [6.07, 6.45) is 6.05. The van der Waals surface area contributed by atoms with Crippen molar-refractivity contribution in [3.05, 3.63) is 35.9 Å². The van der Waals surface area contributed by atoms with Crippen molar-refractivity contribution in [1.82, 2.24) is 24.7 Å². The van der Waals surface area contributed by atoms with Crippen molar-refractivity contribution in [3.63, 3.8) is 0 Å². The van der Waals surface area contributed by atoms with Crippen molar-refractivity contribution >= 4 is 51.7 Å². The molecule has 14 nitrogen and oxygen atoms in total. The van der Waals surface area contributed by atoms with Gasteiger partial charge in [0, 0.05) is 26.2 Å². The summed E-state index contributed by atoms with van der Waals surface area (Å²) < 4.78 is 38.2. The second kappa shape index (κ2) is 11.7. The van der Waals surface area contributed by atoms with Gasteiger partial charge in [-0.05, 0) is 24.7 Å². The highest BCUT2D eigenvalue weighted by atomic mass is 32.2. The number of rotatable bonds is 8. The summed E-state index contributed by atoms with van der Waals surface area (Å²) in [5.74, 6) is -3.97. The number of carbonyl (C=O) groups is 5. The number of urea groups is 1. The molecule has 1 aromatic carbocycles. The van der Waals surface area contributed by atoms with Crippen LogP contribution in [0.15, 0.2) is 30.3 Å². The van der Waals surface area contributed by atoms with Crippen LogP contribution < -0.4 is 10.6 Å². The van der Waals surface area contributed by atoms with E-state index in [2.05, 4.69) is 10.6 Å². The number of nitrogens with one attached hydrogen (secondary N) is 2. The second-order valence-corrected chi connectivity index (χ2v) is 11.8. The first-order valence-electron chi connectivity index (χ1n) is 12.7. The van der Waals surface area contributed by atoms with Gasteiger partial charge in [-0.15, -0.1) is 11.8 Å². The number of hydrogen-bond donors (Lipinski definition) is 3. The predicted octanol–water partition coefficient (Wildman–Crippen LogP) is 0.234. The molecule has 4 rings (SSSR count). The number of benzene rings is 1. The zero-order chi connectivity index (χ0) is 29.2. The fourth-order valence-electron chi connectivity index (χ4n) is 5.30. The van der Waals surface area contributed by atoms with Crippen molar-refractivity contribution in [2.75, 3.05) is 26.5 Å². The van der Waals surface area contributed by atoms with E-state index in [1.165, 1.54) is 23.3 Å². The minimum Gasteiger partial charge on any atom is -0.348 e. The van der Waals surface area contributed by atoms with Gasteiger partial charge in [0.15, 0.2) is 5.37 Å².